The fourth-order valence-corrected chi connectivity index (χ4v) is 2.11. The summed E-state index contributed by atoms with van der Waals surface area (Å²) in [5, 5.41) is 4.03. The molecular weight excluding hydrogens is 196 g/mol. The largest absolute Gasteiger partial charge is 0.356 e. The Morgan fingerprint density at radius 2 is 2.50 bits per heavy atom. The molecule has 0 spiro atoms. The number of hydrogen-bond acceptors (Lipinski definition) is 3. The molecule has 0 aliphatic heterocycles. The lowest BCUT2D eigenvalue weighted by molar-refractivity contribution is -0.122. The molecule has 2 rings (SSSR count). The molecule has 1 fully saturated rings. The molecule has 1 heterocycles. The van der Waals surface area contributed by atoms with Crippen LogP contribution in [0.5, 0.6) is 0 Å². The summed E-state index contributed by atoms with van der Waals surface area (Å²) in [7, 11) is 0. The normalized spacial score (nSPS) is 15.5. The number of aromatic nitrogens is 1. The van der Waals surface area contributed by atoms with E-state index in [0.29, 0.717) is 5.92 Å². The van der Waals surface area contributed by atoms with Crippen LogP contribution in [0.15, 0.2) is 6.20 Å². The first kappa shape index (κ1) is 9.65. The van der Waals surface area contributed by atoms with E-state index in [0.717, 1.165) is 30.8 Å². The SMILES string of the molecule is Cc1ncc(CCNC(=O)C2CC2)s1. The zero-order chi connectivity index (χ0) is 9.97. The predicted octanol–water partition coefficient (Wildman–Crippen LogP) is 1.52. The molecule has 1 saturated carbocycles. The van der Waals surface area contributed by atoms with E-state index < -0.39 is 0 Å². The summed E-state index contributed by atoms with van der Waals surface area (Å²) in [6.45, 7) is 2.74. The highest BCUT2D eigenvalue weighted by molar-refractivity contribution is 7.11. The Balaban J connectivity index is 1.69. The van der Waals surface area contributed by atoms with Gasteiger partial charge in [0.1, 0.15) is 0 Å². The number of hydrogen-bond donors (Lipinski definition) is 1. The molecule has 1 aliphatic carbocycles. The Morgan fingerprint density at radius 1 is 1.71 bits per heavy atom. The number of rotatable bonds is 4. The average Bonchev–Trinajstić information content (AvgIpc) is 2.92. The minimum Gasteiger partial charge on any atom is -0.356 e. The van der Waals surface area contributed by atoms with Crippen LogP contribution < -0.4 is 5.32 Å². The maximum Gasteiger partial charge on any atom is 0.223 e. The van der Waals surface area contributed by atoms with Crippen LogP contribution >= 0.6 is 11.3 Å². The van der Waals surface area contributed by atoms with Gasteiger partial charge in [-0.25, -0.2) is 4.98 Å². The first-order valence-corrected chi connectivity index (χ1v) is 5.76. The molecule has 0 aromatic carbocycles. The number of nitrogens with one attached hydrogen (secondary N) is 1. The molecule has 0 saturated heterocycles. The molecule has 76 valence electrons. The van der Waals surface area contributed by atoms with Crippen molar-refractivity contribution in [2.45, 2.75) is 26.2 Å². The van der Waals surface area contributed by atoms with Crippen LogP contribution in [0.3, 0.4) is 0 Å². The number of aryl methyl sites for hydroxylation is 1. The van der Waals surface area contributed by atoms with E-state index >= 15 is 0 Å². The first-order valence-electron chi connectivity index (χ1n) is 4.95. The van der Waals surface area contributed by atoms with E-state index in [1.54, 1.807) is 11.3 Å². The van der Waals surface area contributed by atoms with Crippen LogP contribution in [-0.2, 0) is 11.2 Å². The summed E-state index contributed by atoms with van der Waals surface area (Å²) in [4.78, 5) is 16.7. The molecule has 1 amide bonds. The second-order valence-electron chi connectivity index (χ2n) is 3.66. The van der Waals surface area contributed by atoms with Crippen molar-refractivity contribution in [1.29, 1.82) is 0 Å². The Bertz CT molecular complexity index is 331. The summed E-state index contributed by atoms with van der Waals surface area (Å²) < 4.78 is 0. The predicted molar refractivity (Wildman–Crippen MR) is 56.3 cm³/mol. The van der Waals surface area contributed by atoms with Gasteiger partial charge in [0.25, 0.3) is 0 Å². The van der Waals surface area contributed by atoms with Crippen LogP contribution in [0.2, 0.25) is 0 Å². The van der Waals surface area contributed by atoms with E-state index in [-0.39, 0.29) is 5.91 Å². The van der Waals surface area contributed by atoms with Gasteiger partial charge in [0, 0.05) is 30.0 Å². The lowest BCUT2D eigenvalue weighted by atomic mass is 10.3. The molecule has 1 aliphatic rings. The molecule has 1 aromatic heterocycles. The van der Waals surface area contributed by atoms with E-state index in [1.807, 2.05) is 13.1 Å². The molecule has 0 atom stereocenters. The standard InChI is InChI=1S/C10H14N2OS/c1-7-12-6-9(14-7)4-5-11-10(13)8-2-3-8/h6,8H,2-5H2,1H3,(H,11,13). The van der Waals surface area contributed by atoms with Gasteiger partial charge in [0.15, 0.2) is 0 Å². The smallest absolute Gasteiger partial charge is 0.223 e. The van der Waals surface area contributed by atoms with E-state index in [9.17, 15) is 4.79 Å². The van der Waals surface area contributed by atoms with Crippen molar-refractivity contribution >= 4 is 17.2 Å². The lowest BCUT2D eigenvalue weighted by Crippen LogP contribution is -2.26. The lowest BCUT2D eigenvalue weighted by Gasteiger charge is -2.01. The number of carbonyl (C=O) groups is 1. The fraction of sp³-hybridized carbons (Fsp3) is 0.600. The van der Waals surface area contributed by atoms with Crippen molar-refractivity contribution in [2.75, 3.05) is 6.54 Å². The molecule has 0 radical (unpaired) electrons. The fourth-order valence-electron chi connectivity index (χ4n) is 1.32. The summed E-state index contributed by atoms with van der Waals surface area (Å²) >= 11 is 1.70. The highest BCUT2D eigenvalue weighted by atomic mass is 32.1. The van der Waals surface area contributed by atoms with Gasteiger partial charge in [-0.15, -0.1) is 11.3 Å². The third kappa shape index (κ3) is 2.54. The summed E-state index contributed by atoms with van der Waals surface area (Å²) in [6.07, 6.45) is 4.95. The molecule has 1 N–H and O–H groups in total. The van der Waals surface area contributed by atoms with Crippen LogP contribution in [0.4, 0.5) is 0 Å². The van der Waals surface area contributed by atoms with Crippen LogP contribution in [0.1, 0.15) is 22.7 Å². The molecule has 0 unspecified atom stereocenters. The number of thiazole rings is 1. The van der Waals surface area contributed by atoms with Gasteiger partial charge in [-0.2, -0.15) is 0 Å². The van der Waals surface area contributed by atoms with Crippen molar-refractivity contribution < 1.29 is 4.79 Å². The Labute approximate surface area is 87.6 Å². The summed E-state index contributed by atoms with van der Waals surface area (Å²) in [5.74, 6) is 0.546. The minimum atomic E-state index is 0.228. The number of amides is 1. The van der Waals surface area contributed by atoms with Crippen LogP contribution in [0.25, 0.3) is 0 Å². The van der Waals surface area contributed by atoms with Crippen molar-refractivity contribution in [1.82, 2.24) is 10.3 Å². The van der Waals surface area contributed by atoms with E-state index in [1.165, 1.54) is 4.88 Å². The number of nitrogens with zero attached hydrogens (tertiary/aromatic N) is 1. The molecule has 4 heteroatoms. The van der Waals surface area contributed by atoms with Gasteiger partial charge in [0.2, 0.25) is 5.91 Å². The zero-order valence-electron chi connectivity index (χ0n) is 8.25. The van der Waals surface area contributed by atoms with Gasteiger partial charge >= 0.3 is 0 Å². The highest BCUT2D eigenvalue weighted by Crippen LogP contribution is 2.28. The minimum absolute atomic E-state index is 0.228. The Hall–Kier alpha value is -0.900. The van der Waals surface area contributed by atoms with Crippen molar-refractivity contribution in [3.8, 4) is 0 Å². The van der Waals surface area contributed by atoms with Gasteiger partial charge < -0.3 is 5.32 Å². The monoisotopic (exact) mass is 210 g/mol. The molecule has 3 nitrogen and oxygen atoms in total. The van der Waals surface area contributed by atoms with Crippen LogP contribution in [-0.4, -0.2) is 17.4 Å². The van der Waals surface area contributed by atoms with Crippen molar-refractivity contribution in [3.63, 3.8) is 0 Å². The Morgan fingerprint density at radius 3 is 3.07 bits per heavy atom. The summed E-state index contributed by atoms with van der Waals surface area (Å²) in [5.41, 5.74) is 0. The van der Waals surface area contributed by atoms with Crippen molar-refractivity contribution in [2.24, 2.45) is 5.92 Å². The maximum absolute atomic E-state index is 11.3. The molecule has 0 bridgehead atoms. The van der Waals surface area contributed by atoms with Gasteiger partial charge in [0.05, 0.1) is 5.01 Å². The van der Waals surface area contributed by atoms with Gasteiger partial charge in [-0.1, -0.05) is 0 Å². The molecule has 14 heavy (non-hydrogen) atoms. The topological polar surface area (TPSA) is 42.0 Å². The second kappa shape index (κ2) is 4.09. The van der Waals surface area contributed by atoms with E-state index in [2.05, 4.69) is 10.3 Å². The van der Waals surface area contributed by atoms with Crippen LogP contribution in [0, 0.1) is 12.8 Å². The summed E-state index contributed by atoms with van der Waals surface area (Å²) in [6, 6.07) is 0. The third-order valence-electron chi connectivity index (χ3n) is 2.29. The molecular formula is C10H14N2OS. The molecule has 1 aromatic rings. The first-order chi connectivity index (χ1) is 6.75. The van der Waals surface area contributed by atoms with E-state index in [4.69, 9.17) is 0 Å². The quantitative estimate of drug-likeness (QED) is 0.818. The highest BCUT2D eigenvalue weighted by Gasteiger charge is 2.28. The zero-order valence-corrected chi connectivity index (χ0v) is 9.06. The van der Waals surface area contributed by atoms with Gasteiger partial charge in [-0.05, 0) is 19.8 Å². The van der Waals surface area contributed by atoms with Gasteiger partial charge in [-0.3, -0.25) is 4.79 Å². The maximum atomic E-state index is 11.3. The Kier molecular flexibility index (Phi) is 2.82. The number of carbonyl (C=O) groups excluding carboxylic acids is 1. The van der Waals surface area contributed by atoms with Crippen molar-refractivity contribution in [3.05, 3.63) is 16.1 Å². The second-order valence-corrected chi connectivity index (χ2v) is 4.98. The third-order valence-corrected chi connectivity index (χ3v) is 3.26. The average molecular weight is 210 g/mol.